The molecule has 1 atom stereocenters. The van der Waals surface area contributed by atoms with Gasteiger partial charge in [0.15, 0.2) is 0 Å². The normalized spacial score (nSPS) is 27.1. The van der Waals surface area contributed by atoms with E-state index < -0.39 is 0 Å². The fourth-order valence-corrected chi connectivity index (χ4v) is 1.69. The molecule has 1 saturated heterocycles. The lowest BCUT2D eigenvalue weighted by Crippen LogP contribution is -2.44. The van der Waals surface area contributed by atoms with Crippen LogP contribution in [0.2, 0.25) is 0 Å². The standard InChI is InChI=1S/C10H13N3O/c1-10(3-2-9(14)13-7-10)8-6-11-4-5-12-8/h4-6H,2-3,7H2,1H3,(H,13,14). The molecule has 0 aliphatic carbocycles. The highest BCUT2D eigenvalue weighted by molar-refractivity contribution is 5.77. The zero-order valence-electron chi connectivity index (χ0n) is 8.16. The largest absolute Gasteiger partial charge is 0.355 e. The Labute approximate surface area is 82.8 Å². The van der Waals surface area contributed by atoms with Crippen LogP contribution in [0.5, 0.6) is 0 Å². The Morgan fingerprint density at radius 1 is 1.50 bits per heavy atom. The molecule has 2 rings (SSSR count). The van der Waals surface area contributed by atoms with Crippen LogP contribution >= 0.6 is 0 Å². The third-order valence-corrected chi connectivity index (χ3v) is 2.76. The molecule has 1 fully saturated rings. The van der Waals surface area contributed by atoms with Crippen molar-refractivity contribution in [1.29, 1.82) is 0 Å². The molecule has 0 bridgehead atoms. The molecular formula is C10H13N3O. The fraction of sp³-hybridized carbons (Fsp3) is 0.500. The molecule has 1 unspecified atom stereocenters. The Bertz CT molecular complexity index is 326. The van der Waals surface area contributed by atoms with Gasteiger partial charge in [-0.15, -0.1) is 0 Å². The summed E-state index contributed by atoms with van der Waals surface area (Å²) in [6, 6.07) is 0. The summed E-state index contributed by atoms with van der Waals surface area (Å²) >= 11 is 0. The number of hydrogen-bond donors (Lipinski definition) is 1. The van der Waals surface area contributed by atoms with E-state index in [9.17, 15) is 4.79 Å². The molecule has 0 saturated carbocycles. The summed E-state index contributed by atoms with van der Waals surface area (Å²) in [5.41, 5.74) is 0.905. The predicted molar refractivity (Wildman–Crippen MR) is 51.6 cm³/mol. The van der Waals surface area contributed by atoms with Crippen LogP contribution in [-0.4, -0.2) is 22.4 Å². The van der Waals surface area contributed by atoms with E-state index in [1.165, 1.54) is 0 Å². The quantitative estimate of drug-likeness (QED) is 0.709. The number of nitrogens with zero attached hydrogens (tertiary/aromatic N) is 2. The lowest BCUT2D eigenvalue weighted by Gasteiger charge is -2.32. The summed E-state index contributed by atoms with van der Waals surface area (Å²) in [5.74, 6) is 0.131. The van der Waals surface area contributed by atoms with Crippen LogP contribution in [0.15, 0.2) is 18.6 Å². The molecule has 74 valence electrons. The first-order chi connectivity index (χ1) is 6.71. The molecular weight excluding hydrogens is 178 g/mol. The number of nitrogens with one attached hydrogen (secondary N) is 1. The zero-order chi connectivity index (χ0) is 10.0. The van der Waals surface area contributed by atoms with Crippen LogP contribution in [0.3, 0.4) is 0 Å². The highest BCUT2D eigenvalue weighted by atomic mass is 16.1. The van der Waals surface area contributed by atoms with Gasteiger partial charge in [0.05, 0.1) is 5.69 Å². The summed E-state index contributed by atoms with van der Waals surface area (Å²) in [4.78, 5) is 19.4. The molecule has 4 nitrogen and oxygen atoms in total. The summed E-state index contributed by atoms with van der Waals surface area (Å²) in [6.07, 6.45) is 6.55. The Balaban J connectivity index is 2.21. The second-order valence-corrected chi connectivity index (χ2v) is 3.93. The van der Waals surface area contributed by atoms with E-state index in [2.05, 4.69) is 22.2 Å². The molecule has 2 heterocycles. The molecule has 0 radical (unpaired) electrons. The van der Waals surface area contributed by atoms with Crippen LogP contribution in [0, 0.1) is 0 Å². The van der Waals surface area contributed by atoms with Crippen molar-refractivity contribution in [2.45, 2.75) is 25.2 Å². The Kier molecular flexibility index (Phi) is 2.19. The van der Waals surface area contributed by atoms with E-state index >= 15 is 0 Å². The Morgan fingerprint density at radius 2 is 2.36 bits per heavy atom. The second-order valence-electron chi connectivity index (χ2n) is 3.93. The van der Waals surface area contributed by atoms with Crippen LogP contribution < -0.4 is 5.32 Å². The van der Waals surface area contributed by atoms with Crippen molar-refractivity contribution >= 4 is 5.91 Å². The number of amides is 1. The average Bonchev–Trinajstić information content (AvgIpc) is 2.24. The summed E-state index contributed by atoms with van der Waals surface area (Å²) in [5, 5.41) is 2.86. The first-order valence-corrected chi connectivity index (χ1v) is 4.74. The van der Waals surface area contributed by atoms with Crippen molar-refractivity contribution in [2.75, 3.05) is 6.54 Å². The molecule has 4 heteroatoms. The maximum atomic E-state index is 11.0. The molecule has 1 N–H and O–H groups in total. The minimum Gasteiger partial charge on any atom is -0.355 e. The number of rotatable bonds is 1. The smallest absolute Gasteiger partial charge is 0.220 e. The van der Waals surface area contributed by atoms with E-state index in [-0.39, 0.29) is 11.3 Å². The molecule has 1 aliphatic heterocycles. The topological polar surface area (TPSA) is 54.9 Å². The maximum absolute atomic E-state index is 11.0. The maximum Gasteiger partial charge on any atom is 0.220 e. The van der Waals surface area contributed by atoms with Gasteiger partial charge in [-0.1, -0.05) is 6.92 Å². The first-order valence-electron chi connectivity index (χ1n) is 4.74. The van der Waals surface area contributed by atoms with Crippen LogP contribution in [-0.2, 0) is 10.2 Å². The minimum absolute atomic E-state index is 0.0534. The fourth-order valence-electron chi connectivity index (χ4n) is 1.69. The SMILES string of the molecule is CC1(c2cnccn2)CCC(=O)NC1. The van der Waals surface area contributed by atoms with E-state index in [1.807, 2.05) is 0 Å². The molecule has 0 spiro atoms. The predicted octanol–water partition coefficient (Wildman–Crippen LogP) is 0.644. The second kappa shape index (κ2) is 3.36. The highest BCUT2D eigenvalue weighted by Gasteiger charge is 2.32. The number of hydrogen-bond acceptors (Lipinski definition) is 3. The van der Waals surface area contributed by atoms with Gasteiger partial charge >= 0.3 is 0 Å². The molecule has 1 aromatic rings. The van der Waals surface area contributed by atoms with Gasteiger partial charge in [-0.2, -0.15) is 0 Å². The van der Waals surface area contributed by atoms with Crippen molar-refractivity contribution in [1.82, 2.24) is 15.3 Å². The Hall–Kier alpha value is -1.45. The minimum atomic E-state index is -0.0534. The first kappa shape index (κ1) is 9.12. The number of carbonyl (C=O) groups excluding carboxylic acids is 1. The molecule has 1 amide bonds. The van der Waals surface area contributed by atoms with Gasteiger partial charge in [-0.25, -0.2) is 0 Å². The summed E-state index contributed by atoms with van der Waals surface area (Å²) in [7, 11) is 0. The zero-order valence-corrected chi connectivity index (χ0v) is 8.16. The molecule has 14 heavy (non-hydrogen) atoms. The van der Waals surface area contributed by atoms with Crippen molar-refractivity contribution in [3.63, 3.8) is 0 Å². The van der Waals surface area contributed by atoms with Gasteiger partial charge in [0.1, 0.15) is 0 Å². The van der Waals surface area contributed by atoms with Crippen molar-refractivity contribution in [3.8, 4) is 0 Å². The van der Waals surface area contributed by atoms with E-state index in [4.69, 9.17) is 0 Å². The van der Waals surface area contributed by atoms with Gasteiger partial charge in [0, 0.05) is 37.0 Å². The summed E-state index contributed by atoms with van der Waals surface area (Å²) in [6.45, 7) is 2.76. The van der Waals surface area contributed by atoms with E-state index in [0.29, 0.717) is 13.0 Å². The van der Waals surface area contributed by atoms with Crippen LogP contribution in [0.4, 0.5) is 0 Å². The lowest BCUT2D eigenvalue weighted by atomic mass is 9.80. The average molecular weight is 191 g/mol. The number of piperidine rings is 1. The van der Waals surface area contributed by atoms with Crippen molar-refractivity contribution < 1.29 is 4.79 Å². The van der Waals surface area contributed by atoms with Crippen molar-refractivity contribution in [2.24, 2.45) is 0 Å². The van der Waals surface area contributed by atoms with Gasteiger partial charge in [-0.05, 0) is 6.42 Å². The third kappa shape index (κ3) is 1.60. The van der Waals surface area contributed by atoms with E-state index in [1.54, 1.807) is 18.6 Å². The molecule has 1 aliphatic rings. The third-order valence-electron chi connectivity index (χ3n) is 2.76. The van der Waals surface area contributed by atoms with Crippen LogP contribution in [0.1, 0.15) is 25.5 Å². The van der Waals surface area contributed by atoms with Gasteiger partial charge in [-0.3, -0.25) is 14.8 Å². The van der Waals surface area contributed by atoms with Crippen LogP contribution in [0.25, 0.3) is 0 Å². The monoisotopic (exact) mass is 191 g/mol. The lowest BCUT2D eigenvalue weighted by molar-refractivity contribution is -0.123. The molecule has 1 aromatic heterocycles. The molecule has 0 aromatic carbocycles. The van der Waals surface area contributed by atoms with Gasteiger partial charge in [0.25, 0.3) is 0 Å². The van der Waals surface area contributed by atoms with E-state index in [0.717, 1.165) is 12.1 Å². The number of aromatic nitrogens is 2. The number of carbonyl (C=O) groups is 1. The summed E-state index contributed by atoms with van der Waals surface area (Å²) < 4.78 is 0. The van der Waals surface area contributed by atoms with Gasteiger partial charge in [0.2, 0.25) is 5.91 Å². The Morgan fingerprint density at radius 3 is 2.93 bits per heavy atom. The highest BCUT2D eigenvalue weighted by Crippen LogP contribution is 2.28. The van der Waals surface area contributed by atoms with Gasteiger partial charge < -0.3 is 5.32 Å². The van der Waals surface area contributed by atoms with Crippen molar-refractivity contribution in [3.05, 3.63) is 24.3 Å².